The summed E-state index contributed by atoms with van der Waals surface area (Å²) in [5, 5.41) is 3.61. The molecule has 0 saturated carbocycles. The Bertz CT molecular complexity index is 514. The van der Waals surface area contributed by atoms with E-state index in [2.05, 4.69) is 84.5 Å². The van der Waals surface area contributed by atoms with Crippen molar-refractivity contribution in [2.45, 2.75) is 26.4 Å². The van der Waals surface area contributed by atoms with Gasteiger partial charge in [-0.25, -0.2) is 0 Å². The Morgan fingerprint density at radius 1 is 1.10 bits per heavy atom. The molecule has 1 atom stereocenters. The second-order valence-electron chi connectivity index (χ2n) is 5.46. The van der Waals surface area contributed by atoms with Crippen LogP contribution in [0.25, 0.3) is 0 Å². The molecule has 3 nitrogen and oxygen atoms in total. The van der Waals surface area contributed by atoms with Gasteiger partial charge in [0.15, 0.2) is 0 Å². The summed E-state index contributed by atoms with van der Waals surface area (Å²) < 4.78 is 2.09. The molecular formula is C18H27N3. The first-order chi connectivity index (χ1) is 10.2. The highest BCUT2D eigenvalue weighted by atomic mass is 15.2. The summed E-state index contributed by atoms with van der Waals surface area (Å²) in [7, 11) is 2.06. The van der Waals surface area contributed by atoms with E-state index in [1.54, 1.807) is 0 Å². The number of nitrogens with zero attached hydrogens (tertiary/aromatic N) is 2. The molecule has 114 valence electrons. The molecule has 0 saturated heterocycles. The van der Waals surface area contributed by atoms with Gasteiger partial charge in [0.1, 0.15) is 0 Å². The van der Waals surface area contributed by atoms with E-state index in [1.807, 2.05) is 0 Å². The van der Waals surface area contributed by atoms with Crippen LogP contribution in [0.3, 0.4) is 0 Å². The molecular weight excluding hydrogens is 258 g/mol. The Labute approximate surface area is 128 Å². The molecule has 0 amide bonds. The SMILES string of the molecule is CCN(CC)C(CNCc1ccn(C)c1)c1ccccc1. The normalized spacial score (nSPS) is 12.8. The first-order valence-electron chi connectivity index (χ1n) is 7.85. The lowest BCUT2D eigenvalue weighted by Crippen LogP contribution is -2.35. The molecule has 1 N–H and O–H groups in total. The van der Waals surface area contributed by atoms with Crippen LogP contribution < -0.4 is 5.32 Å². The second kappa shape index (κ2) is 8.01. The lowest BCUT2D eigenvalue weighted by molar-refractivity contribution is 0.213. The predicted molar refractivity (Wildman–Crippen MR) is 89.2 cm³/mol. The van der Waals surface area contributed by atoms with Gasteiger partial charge in [-0.15, -0.1) is 0 Å². The Morgan fingerprint density at radius 2 is 1.81 bits per heavy atom. The fraction of sp³-hybridized carbons (Fsp3) is 0.444. The van der Waals surface area contributed by atoms with Gasteiger partial charge in [0.2, 0.25) is 0 Å². The minimum absolute atomic E-state index is 0.435. The van der Waals surface area contributed by atoms with Crippen molar-refractivity contribution in [2.24, 2.45) is 7.05 Å². The van der Waals surface area contributed by atoms with Gasteiger partial charge < -0.3 is 9.88 Å². The van der Waals surface area contributed by atoms with Gasteiger partial charge in [0.05, 0.1) is 0 Å². The highest BCUT2D eigenvalue weighted by Crippen LogP contribution is 2.19. The molecule has 0 bridgehead atoms. The van der Waals surface area contributed by atoms with E-state index in [-0.39, 0.29) is 0 Å². The molecule has 0 aliphatic rings. The summed E-state index contributed by atoms with van der Waals surface area (Å²) in [6.45, 7) is 8.51. The minimum atomic E-state index is 0.435. The maximum absolute atomic E-state index is 3.61. The average Bonchev–Trinajstić information content (AvgIpc) is 2.93. The van der Waals surface area contributed by atoms with E-state index >= 15 is 0 Å². The summed E-state index contributed by atoms with van der Waals surface area (Å²) in [4.78, 5) is 2.51. The fourth-order valence-electron chi connectivity index (χ4n) is 2.82. The third-order valence-corrected chi connectivity index (χ3v) is 4.00. The van der Waals surface area contributed by atoms with Crippen LogP contribution in [0.1, 0.15) is 31.0 Å². The van der Waals surface area contributed by atoms with E-state index in [4.69, 9.17) is 0 Å². The zero-order valence-corrected chi connectivity index (χ0v) is 13.4. The van der Waals surface area contributed by atoms with Crippen LogP contribution in [0.2, 0.25) is 0 Å². The number of hydrogen-bond acceptors (Lipinski definition) is 2. The third-order valence-electron chi connectivity index (χ3n) is 4.00. The number of likely N-dealkylation sites (N-methyl/N-ethyl adjacent to an activating group) is 1. The van der Waals surface area contributed by atoms with Gasteiger partial charge in [0.25, 0.3) is 0 Å². The molecule has 1 aromatic heterocycles. The number of aryl methyl sites for hydroxylation is 1. The van der Waals surface area contributed by atoms with Crippen molar-refractivity contribution in [2.75, 3.05) is 19.6 Å². The standard InChI is InChI=1S/C18H27N3/c1-4-21(5-2)18(17-9-7-6-8-10-17)14-19-13-16-11-12-20(3)15-16/h6-12,15,18-19H,4-5,13-14H2,1-3H3. The molecule has 0 radical (unpaired) electrons. The molecule has 0 spiro atoms. The van der Waals surface area contributed by atoms with Crippen molar-refractivity contribution in [1.82, 2.24) is 14.8 Å². The number of rotatable bonds is 8. The summed E-state index contributed by atoms with van der Waals surface area (Å²) in [5.74, 6) is 0. The van der Waals surface area contributed by atoms with Crippen molar-refractivity contribution in [3.05, 3.63) is 59.9 Å². The molecule has 0 fully saturated rings. The molecule has 1 heterocycles. The van der Waals surface area contributed by atoms with Crippen LogP contribution in [0, 0.1) is 0 Å². The zero-order valence-electron chi connectivity index (χ0n) is 13.4. The van der Waals surface area contributed by atoms with Crippen LogP contribution in [-0.4, -0.2) is 29.1 Å². The topological polar surface area (TPSA) is 20.2 Å². The minimum Gasteiger partial charge on any atom is -0.357 e. The summed E-state index contributed by atoms with van der Waals surface area (Å²) in [6, 6.07) is 13.4. The van der Waals surface area contributed by atoms with Gasteiger partial charge in [0, 0.05) is 38.6 Å². The molecule has 0 aliphatic heterocycles. The number of benzene rings is 1. The van der Waals surface area contributed by atoms with Gasteiger partial charge in [-0.1, -0.05) is 44.2 Å². The Balaban J connectivity index is 1.99. The molecule has 21 heavy (non-hydrogen) atoms. The lowest BCUT2D eigenvalue weighted by atomic mass is 10.1. The van der Waals surface area contributed by atoms with Crippen molar-refractivity contribution in [3.8, 4) is 0 Å². The van der Waals surface area contributed by atoms with Crippen LogP contribution in [-0.2, 0) is 13.6 Å². The third kappa shape index (κ3) is 4.45. The van der Waals surface area contributed by atoms with Gasteiger partial charge in [-0.2, -0.15) is 0 Å². The summed E-state index contributed by atoms with van der Waals surface area (Å²) in [5.41, 5.74) is 2.73. The van der Waals surface area contributed by atoms with E-state index in [1.165, 1.54) is 11.1 Å². The summed E-state index contributed by atoms with van der Waals surface area (Å²) in [6.07, 6.45) is 4.26. The van der Waals surface area contributed by atoms with E-state index in [0.717, 1.165) is 26.2 Å². The number of aromatic nitrogens is 1. The van der Waals surface area contributed by atoms with E-state index in [9.17, 15) is 0 Å². The summed E-state index contributed by atoms with van der Waals surface area (Å²) >= 11 is 0. The van der Waals surface area contributed by atoms with E-state index in [0.29, 0.717) is 6.04 Å². The van der Waals surface area contributed by atoms with Crippen molar-refractivity contribution < 1.29 is 0 Å². The molecule has 0 aliphatic carbocycles. The fourth-order valence-corrected chi connectivity index (χ4v) is 2.82. The Morgan fingerprint density at radius 3 is 2.38 bits per heavy atom. The van der Waals surface area contributed by atoms with Crippen molar-refractivity contribution in [3.63, 3.8) is 0 Å². The average molecular weight is 285 g/mol. The second-order valence-corrected chi connectivity index (χ2v) is 5.46. The lowest BCUT2D eigenvalue weighted by Gasteiger charge is -2.30. The van der Waals surface area contributed by atoms with Crippen LogP contribution in [0.5, 0.6) is 0 Å². The van der Waals surface area contributed by atoms with Crippen LogP contribution in [0.4, 0.5) is 0 Å². The largest absolute Gasteiger partial charge is 0.357 e. The number of nitrogens with one attached hydrogen (secondary N) is 1. The Kier molecular flexibility index (Phi) is 6.03. The maximum Gasteiger partial charge on any atom is 0.0472 e. The Hall–Kier alpha value is -1.58. The first-order valence-corrected chi connectivity index (χ1v) is 7.85. The zero-order chi connectivity index (χ0) is 15.1. The van der Waals surface area contributed by atoms with Gasteiger partial charge in [-0.3, -0.25) is 4.90 Å². The van der Waals surface area contributed by atoms with Crippen LogP contribution in [0.15, 0.2) is 48.8 Å². The predicted octanol–water partition coefficient (Wildman–Crippen LogP) is 3.20. The molecule has 2 rings (SSSR count). The maximum atomic E-state index is 3.61. The van der Waals surface area contributed by atoms with Gasteiger partial charge >= 0.3 is 0 Å². The molecule has 1 aromatic carbocycles. The van der Waals surface area contributed by atoms with Crippen molar-refractivity contribution >= 4 is 0 Å². The molecule has 2 aromatic rings. The monoisotopic (exact) mass is 285 g/mol. The smallest absolute Gasteiger partial charge is 0.0472 e. The van der Waals surface area contributed by atoms with Crippen LogP contribution >= 0.6 is 0 Å². The highest BCUT2D eigenvalue weighted by molar-refractivity contribution is 5.19. The number of hydrogen-bond donors (Lipinski definition) is 1. The first kappa shape index (κ1) is 15.8. The highest BCUT2D eigenvalue weighted by Gasteiger charge is 2.17. The van der Waals surface area contributed by atoms with Crippen molar-refractivity contribution in [1.29, 1.82) is 0 Å². The molecule has 3 heteroatoms. The molecule has 1 unspecified atom stereocenters. The van der Waals surface area contributed by atoms with Gasteiger partial charge in [-0.05, 0) is 30.3 Å². The quantitative estimate of drug-likeness (QED) is 0.804. The van der Waals surface area contributed by atoms with E-state index < -0.39 is 0 Å².